The molecule has 0 spiro atoms. The van der Waals surface area contributed by atoms with E-state index in [1.807, 2.05) is 0 Å². The van der Waals surface area contributed by atoms with Crippen molar-refractivity contribution >= 4 is 5.91 Å². The fourth-order valence-electron chi connectivity index (χ4n) is 2.37. The van der Waals surface area contributed by atoms with Crippen molar-refractivity contribution in [2.75, 3.05) is 19.6 Å². The Morgan fingerprint density at radius 3 is 2.81 bits per heavy atom. The minimum Gasteiger partial charge on any atom is -0.369 e. The van der Waals surface area contributed by atoms with Crippen LogP contribution in [0.25, 0.3) is 0 Å². The van der Waals surface area contributed by atoms with Gasteiger partial charge in [-0.05, 0) is 31.8 Å². The Bertz CT molecular complexity index is 218. The molecule has 2 N–H and O–H groups in total. The molecule has 3 nitrogen and oxygen atoms in total. The van der Waals surface area contributed by atoms with Crippen LogP contribution in [0.3, 0.4) is 0 Å². The molecule has 1 heterocycles. The standard InChI is InChI=1S/C13H26N2O/c1-3-4-5-11(2)6-8-15-9-7-12(10-15)13(14)16/h11-12H,3-10H2,1-2H3,(H2,14,16)/t11?,12-/m1/s1. The van der Waals surface area contributed by atoms with Crippen molar-refractivity contribution in [1.29, 1.82) is 0 Å². The van der Waals surface area contributed by atoms with Crippen LogP contribution >= 0.6 is 0 Å². The van der Waals surface area contributed by atoms with Gasteiger partial charge in [0, 0.05) is 6.54 Å². The molecular weight excluding hydrogens is 200 g/mol. The Morgan fingerprint density at radius 2 is 2.25 bits per heavy atom. The van der Waals surface area contributed by atoms with Crippen molar-refractivity contribution in [3.8, 4) is 0 Å². The topological polar surface area (TPSA) is 46.3 Å². The zero-order valence-corrected chi connectivity index (χ0v) is 10.7. The Labute approximate surface area is 99.4 Å². The van der Waals surface area contributed by atoms with Crippen LogP contribution in [-0.4, -0.2) is 30.4 Å². The predicted molar refractivity (Wildman–Crippen MR) is 67.0 cm³/mol. The van der Waals surface area contributed by atoms with Gasteiger partial charge in [0.05, 0.1) is 5.92 Å². The maximum Gasteiger partial charge on any atom is 0.221 e. The molecule has 1 rings (SSSR count). The quantitative estimate of drug-likeness (QED) is 0.722. The summed E-state index contributed by atoms with van der Waals surface area (Å²) in [6.45, 7) is 7.64. The Kier molecular flexibility index (Phi) is 5.81. The Morgan fingerprint density at radius 1 is 1.50 bits per heavy atom. The molecule has 1 aliphatic rings. The third kappa shape index (κ3) is 4.52. The van der Waals surface area contributed by atoms with Crippen molar-refractivity contribution in [1.82, 2.24) is 4.90 Å². The molecule has 0 aromatic heterocycles. The monoisotopic (exact) mass is 226 g/mol. The summed E-state index contributed by atoms with van der Waals surface area (Å²) < 4.78 is 0. The fraction of sp³-hybridized carbons (Fsp3) is 0.923. The van der Waals surface area contributed by atoms with E-state index in [-0.39, 0.29) is 11.8 Å². The Hall–Kier alpha value is -0.570. The third-order valence-electron chi connectivity index (χ3n) is 3.66. The van der Waals surface area contributed by atoms with E-state index in [1.54, 1.807) is 0 Å². The van der Waals surface area contributed by atoms with E-state index in [2.05, 4.69) is 18.7 Å². The van der Waals surface area contributed by atoms with Crippen LogP contribution in [0.15, 0.2) is 0 Å². The van der Waals surface area contributed by atoms with Gasteiger partial charge in [-0.1, -0.05) is 33.1 Å². The van der Waals surface area contributed by atoms with Gasteiger partial charge in [-0.2, -0.15) is 0 Å². The molecule has 2 atom stereocenters. The highest BCUT2D eigenvalue weighted by atomic mass is 16.1. The smallest absolute Gasteiger partial charge is 0.221 e. The first kappa shape index (κ1) is 13.5. The van der Waals surface area contributed by atoms with E-state index >= 15 is 0 Å². The van der Waals surface area contributed by atoms with Gasteiger partial charge in [0.25, 0.3) is 0 Å². The van der Waals surface area contributed by atoms with Crippen LogP contribution in [0.4, 0.5) is 0 Å². The lowest BCUT2D eigenvalue weighted by Gasteiger charge is -2.18. The summed E-state index contributed by atoms with van der Waals surface area (Å²) in [6, 6.07) is 0. The molecular formula is C13H26N2O. The number of rotatable bonds is 7. The zero-order valence-electron chi connectivity index (χ0n) is 10.7. The van der Waals surface area contributed by atoms with Crippen LogP contribution in [0.2, 0.25) is 0 Å². The first-order valence-corrected chi connectivity index (χ1v) is 6.65. The molecule has 1 saturated heterocycles. The van der Waals surface area contributed by atoms with Gasteiger partial charge in [0.15, 0.2) is 0 Å². The number of nitrogens with two attached hydrogens (primary N) is 1. The van der Waals surface area contributed by atoms with Crippen molar-refractivity contribution < 1.29 is 4.79 Å². The molecule has 0 aromatic carbocycles. The van der Waals surface area contributed by atoms with Crippen LogP contribution in [0, 0.1) is 11.8 Å². The number of nitrogens with zero attached hydrogens (tertiary/aromatic N) is 1. The molecule has 3 heteroatoms. The number of primary amides is 1. The highest BCUT2D eigenvalue weighted by Gasteiger charge is 2.26. The molecule has 16 heavy (non-hydrogen) atoms. The van der Waals surface area contributed by atoms with Gasteiger partial charge in [0.1, 0.15) is 0 Å². The molecule has 1 unspecified atom stereocenters. The number of carbonyl (C=O) groups excluding carboxylic acids is 1. The number of hydrogen-bond donors (Lipinski definition) is 1. The van der Waals surface area contributed by atoms with E-state index in [4.69, 9.17) is 5.73 Å². The van der Waals surface area contributed by atoms with Gasteiger partial charge in [-0.3, -0.25) is 4.79 Å². The van der Waals surface area contributed by atoms with Crippen LogP contribution in [-0.2, 0) is 4.79 Å². The summed E-state index contributed by atoms with van der Waals surface area (Å²) in [4.78, 5) is 13.4. The van der Waals surface area contributed by atoms with Gasteiger partial charge in [0.2, 0.25) is 5.91 Å². The first-order chi connectivity index (χ1) is 7.63. The molecule has 1 fully saturated rings. The van der Waals surface area contributed by atoms with E-state index < -0.39 is 0 Å². The van der Waals surface area contributed by atoms with Crippen molar-refractivity contribution in [2.24, 2.45) is 17.6 Å². The first-order valence-electron chi connectivity index (χ1n) is 6.65. The molecule has 0 saturated carbocycles. The second kappa shape index (κ2) is 6.89. The normalized spacial score (nSPS) is 23.5. The lowest BCUT2D eigenvalue weighted by atomic mass is 10.0. The van der Waals surface area contributed by atoms with Crippen molar-refractivity contribution in [2.45, 2.75) is 46.0 Å². The summed E-state index contributed by atoms with van der Waals surface area (Å²) in [7, 11) is 0. The van der Waals surface area contributed by atoms with E-state index in [1.165, 1.54) is 25.7 Å². The maximum atomic E-state index is 11.0. The molecule has 0 aliphatic carbocycles. The van der Waals surface area contributed by atoms with Crippen molar-refractivity contribution in [3.05, 3.63) is 0 Å². The van der Waals surface area contributed by atoms with Crippen LogP contribution in [0.1, 0.15) is 46.0 Å². The summed E-state index contributed by atoms with van der Waals surface area (Å²) in [5.74, 6) is 0.792. The number of unbranched alkanes of at least 4 members (excludes halogenated alkanes) is 1. The molecule has 94 valence electrons. The minimum atomic E-state index is -0.124. The molecule has 0 radical (unpaired) electrons. The SMILES string of the molecule is CCCCC(C)CCN1CC[C@@H](C(N)=O)C1. The predicted octanol–water partition coefficient (Wildman–Crippen LogP) is 2.01. The second-order valence-corrected chi connectivity index (χ2v) is 5.22. The van der Waals surface area contributed by atoms with E-state index in [0.29, 0.717) is 0 Å². The lowest BCUT2D eigenvalue weighted by Crippen LogP contribution is -2.28. The summed E-state index contributed by atoms with van der Waals surface area (Å²) in [5, 5.41) is 0. The van der Waals surface area contributed by atoms with Crippen LogP contribution in [0.5, 0.6) is 0 Å². The van der Waals surface area contributed by atoms with Crippen molar-refractivity contribution in [3.63, 3.8) is 0 Å². The highest BCUT2D eigenvalue weighted by Crippen LogP contribution is 2.18. The summed E-state index contributed by atoms with van der Waals surface area (Å²) in [5.41, 5.74) is 5.32. The van der Waals surface area contributed by atoms with Gasteiger partial charge in [-0.15, -0.1) is 0 Å². The zero-order chi connectivity index (χ0) is 12.0. The second-order valence-electron chi connectivity index (χ2n) is 5.22. The molecule has 1 amide bonds. The van der Waals surface area contributed by atoms with E-state index in [0.717, 1.165) is 32.0 Å². The molecule has 1 aliphatic heterocycles. The van der Waals surface area contributed by atoms with Gasteiger partial charge < -0.3 is 10.6 Å². The van der Waals surface area contributed by atoms with Gasteiger partial charge in [-0.25, -0.2) is 0 Å². The minimum absolute atomic E-state index is 0.103. The maximum absolute atomic E-state index is 11.0. The Balaban J connectivity index is 2.12. The lowest BCUT2D eigenvalue weighted by molar-refractivity contribution is -0.121. The number of amides is 1. The van der Waals surface area contributed by atoms with Crippen LogP contribution < -0.4 is 5.73 Å². The third-order valence-corrected chi connectivity index (χ3v) is 3.66. The average Bonchev–Trinajstić information content (AvgIpc) is 2.72. The largest absolute Gasteiger partial charge is 0.369 e. The summed E-state index contributed by atoms with van der Waals surface area (Å²) in [6.07, 6.45) is 6.18. The fourth-order valence-corrected chi connectivity index (χ4v) is 2.37. The average molecular weight is 226 g/mol. The number of likely N-dealkylation sites (tertiary alicyclic amines) is 1. The number of hydrogen-bond acceptors (Lipinski definition) is 2. The van der Waals surface area contributed by atoms with Gasteiger partial charge >= 0.3 is 0 Å². The molecule has 0 bridgehead atoms. The molecule has 0 aromatic rings. The number of carbonyl (C=O) groups is 1. The highest BCUT2D eigenvalue weighted by molar-refractivity contribution is 5.77. The van der Waals surface area contributed by atoms with E-state index in [9.17, 15) is 4.79 Å². The summed E-state index contributed by atoms with van der Waals surface area (Å²) >= 11 is 0.